The number of H-pyrrole nitrogens is 1. The average Bonchev–Trinajstić information content (AvgIpc) is 2.87. The highest BCUT2D eigenvalue weighted by atomic mass is 79.9. The number of rotatable bonds is 6. The summed E-state index contributed by atoms with van der Waals surface area (Å²) in [5, 5.41) is 5.08. The summed E-state index contributed by atoms with van der Waals surface area (Å²) >= 11 is 4.78. The first-order chi connectivity index (χ1) is 16.8. The first kappa shape index (κ1) is 24.9. The summed E-state index contributed by atoms with van der Waals surface area (Å²) in [6.07, 6.45) is 1.46. The molecule has 182 valence electrons. The number of aromatic amines is 1. The molecule has 9 nitrogen and oxygen atoms in total. The van der Waals surface area contributed by atoms with Gasteiger partial charge in [-0.15, -0.1) is 0 Å². The quantitative estimate of drug-likeness (QED) is 0.212. The minimum Gasteiger partial charge on any atom is -0.493 e. The zero-order valence-electron chi connectivity index (χ0n) is 19.6. The van der Waals surface area contributed by atoms with Crippen LogP contribution in [0.4, 0.5) is 5.69 Å². The number of para-hydroxylation sites is 1. The van der Waals surface area contributed by atoms with Crippen molar-refractivity contribution in [1.82, 2.24) is 10.1 Å². The van der Waals surface area contributed by atoms with Gasteiger partial charge in [0.25, 0.3) is 6.17 Å². The molecule has 1 aliphatic rings. The summed E-state index contributed by atoms with van der Waals surface area (Å²) in [5.41, 5.74) is 1.83. The molecule has 4 rings (SSSR count). The fourth-order valence-corrected chi connectivity index (χ4v) is 4.88. The van der Waals surface area contributed by atoms with E-state index in [1.54, 1.807) is 41.6 Å². The predicted octanol–water partition coefficient (Wildman–Crippen LogP) is 3.84. The Morgan fingerprint density at radius 1 is 1.23 bits per heavy atom. The number of fused-ring (bicyclic) bond motifs is 3. The largest absolute Gasteiger partial charge is 0.493 e. The molecule has 0 unspecified atom stereocenters. The number of carbonyl (C=O) groups is 2. The van der Waals surface area contributed by atoms with Crippen molar-refractivity contribution < 1.29 is 23.7 Å². The van der Waals surface area contributed by atoms with Crippen molar-refractivity contribution in [2.24, 2.45) is 0 Å². The number of esters is 1. The molecule has 0 spiro atoms. The Morgan fingerprint density at radius 2 is 1.97 bits per heavy atom. The number of nitrogens with zero attached hydrogens (tertiary/aromatic N) is 3. The number of benzene rings is 2. The van der Waals surface area contributed by atoms with Gasteiger partial charge in [-0.3, -0.25) is 19.4 Å². The number of ether oxygens (including phenoxy) is 2. The Labute approximate surface area is 214 Å². The van der Waals surface area contributed by atoms with E-state index >= 15 is 0 Å². The van der Waals surface area contributed by atoms with Crippen molar-refractivity contribution in [1.29, 1.82) is 0 Å². The fraction of sp³-hybridized carbons (Fsp3) is 0.292. The van der Waals surface area contributed by atoms with Gasteiger partial charge in [0, 0.05) is 17.9 Å². The minimum atomic E-state index is -0.790. The number of hydrogen-bond acceptors (Lipinski definition) is 7. The van der Waals surface area contributed by atoms with Crippen molar-refractivity contribution in [3.05, 3.63) is 56.8 Å². The van der Waals surface area contributed by atoms with E-state index in [0.29, 0.717) is 37.9 Å². The lowest BCUT2D eigenvalue weighted by molar-refractivity contribution is -0.763. The predicted molar refractivity (Wildman–Crippen MR) is 135 cm³/mol. The molecule has 1 aliphatic heterocycles. The maximum absolute atomic E-state index is 13.3. The number of thioether (sulfide) groups is 1. The Bertz CT molecular complexity index is 1380. The second-order valence-electron chi connectivity index (χ2n) is 7.63. The van der Waals surface area contributed by atoms with Crippen LogP contribution in [0.1, 0.15) is 38.4 Å². The van der Waals surface area contributed by atoms with Gasteiger partial charge in [-0.2, -0.15) is 0 Å². The third kappa shape index (κ3) is 4.45. The Kier molecular flexibility index (Phi) is 7.27. The van der Waals surface area contributed by atoms with Gasteiger partial charge >= 0.3 is 17.2 Å². The van der Waals surface area contributed by atoms with Crippen LogP contribution in [0.15, 0.2) is 50.8 Å². The Balaban J connectivity index is 2.03. The molecule has 2 heterocycles. The topological polar surface area (TPSA) is 105 Å². The van der Waals surface area contributed by atoms with Crippen LogP contribution in [0.5, 0.6) is 11.5 Å². The van der Waals surface area contributed by atoms with Crippen LogP contribution in [-0.4, -0.2) is 35.3 Å². The second-order valence-corrected chi connectivity index (χ2v) is 9.28. The maximum atomic E-state index is 13.3. The number of hydrogen-bond donors (Lipinski definition) is 1. The molecule has 0 saturated heterocycles. The Hall–Kier alpha value is -3.18. The lowest BCUT2D eigenvalue weighted by atomic mass is 10.0. The first-order valence-electron chi connectivity index (χ1n) is 10.9. The van der Waals surface area contributed by atoms with Crippen molar-refractivity contribution >= 4 is 45.3 Å². The summed E-state index contributed by atoms with van der Waals surface area (Å²) in [6.45, 7) is 3.48. The van der Waals surface area contributed by atoms with E-state index in [1.165, 1.54) is 18.9 Å². The summed E-state index contributed by atoms with van der Waals surface area (Å²) in [5.74, 6) is -0.0220. The van der Waals surface area contributed by atoms with Crippen LogP contribution in [0, 0.1) is 0 Å². The molecular formula is C24H24BrN4O5S+. The van der Waals surface area contributed by atoms with E-state index in [0.717, 1.165) is 0 Å². The standard InChI is InChI=1S/C24H23BrN4O5S/c1-5-18(30)28-16-10-8-7-9-14(16)20-22(32)26-24(35-4)27-29(20)23(28)13-11-15(25)21(17(12-13)33-3)34-19(31)6-2/h7-12,23H,5-6H2,1-4H3/p+1/t23-/m0/s1. The molecule has 3 aromatic rings. The molecule has 0 saturated carbocycles. The van der Waals surface area contributed by atoms with Crippen LogP contribution >= 0.6 is 27.7 Å². The van der Waals surface area contributed by atoms with Crippen LogP contribution < -0.4 is 24.6 Å². The van der Waals surface area contributed by atoms with Gasteiger partial charge in [-0.25, -0.2) is 4.90 Å². The molecular weight excluding hydrogens is 536 g/mol. The fourth-order valence-electron chi connectivity index (χ4n) is 3.98. The normalized spacial score (nSPS) is 14.2. The van der Waals surface area contributed by atoms with E-state index in [4.69, 9.17) is 9.47 Å². The zero-order valence-corrected chi connectivity index (χ0v) is 22.0. The number of carbonyl (C=O) groups excluding carboxylic acids is 2. The molecule has 2 aromatic carbocycles. The van der Waals surface area contributed by atoms with E-state index in [1.807, 2.05) is 24.5 Å². The number of methoxy groups -OCH3 is 1. The van der Waals surface area contributed by atoms with Crippen LogP contribution in [0.2, 0.25) is 0 Å². The molecule has 0 aliphatic carbocycles. The first-order valence-corrected chi connectivity index (χ1v) is 13.0. The van der Waals surface area contributed by atoms with Crippen molar-refractivity contribution in [2.75, 3.05) is 18.3 Å². The van der Waals surface area contributed by atoms with Crippen molar-refractivity contribution in [3.8, 4) is 22.8 Å². The third-order valence-electron chi connectivity index (χ3n) is 5.58. The zero-order chi connectivity index (χ0) is 25.3. The van der Waals surface area contributed by atoms with Crippen molar-refractivity contribution in [3.63, 3.8) is 0 Å². The van der Waals surface area contributed by atoms with E-state index in [-0.39, 0.29) is 30.1 Å². The SMILES string of the molecule is CCC(=O)Oc1c(Br)cc([C@H]2N(C(=O)CC)c3ccccc3-c3c(=O)[nH]c(SC)n[n+]32)cc1OC. The van der Waals surface area contributed by atoms with Gasteiger partial charge < -0.3 is 9.47 Å². The maximum Gasteiger partial charge on any atom is 0.325 e. The summed E-state index contributed by atoms with van der Waals surface area (Å²) in [7, 11) is 1.47. The summed E-state index contributed by atoms with van der Waals surface area (Å²) in [6, 6.07) is 10.7. The highest BCUT2D eigenvalue weighted by Gasteiger charge is 2.45. The number of amides is 1. The number of anilines is 1. The monoisotopic (exact) mass is 559 g/mol. The molecule has 11 heteroatoms. The molecule has 0 bridgehead atoms. The van der Waals surface area contributed by atoms with Crippen molar-refractivity contribution in [2.45, 2.75) is 38.0 Å². The van der Waals surface area contributed by atoms with Gasteiger partial charge in [0.1, 0.15) is 0 Å². The third-order valence-corrected chi connectivity index (χ3v) is 6.74. The lowest BCUT2D eigenvalue weighted by Gasteiger charge is -2.32. The molecule has 0 radical (unpaired) electrons. The van der Waals surface area contributed by atoms with Crippen LogP contribution in [0.25, 0.3) is 11.3 Å². The summed E-state index contributed by atoms with van der Waals surface area (Å²) in [4.78, 5) is 43.0. The van der Waals surface area contributed by atoms with E-state index in [2.05, 4.69) is 26.0 Å². The molecule has 1 atom stereocenters. The van der Waals surface area contributed by atoms with Gasteiger partial charge in [0.15, 0.2) is 11.5 Å². The number of nitrogens with one attached hydrogen (secondary N) is 1. The number of halogens is 1. The molecule has 1 aromatic heterocycles. The Morgan fingerprint density at radius 3 is 2.63 bits per heavy atom. The van der Waals surface area contributed by atoms with E-state index < -0.39 is 12.1 Å². The van der Waals surface area contributed by atoms with Gasteiger partial charge in [-0.1, -0.05) is 37.7 Å². The summed E-state index contributed by atoms with van der Waals surface area (Å²) < 4.78 is 13.0. The lowest BCUT2D eigenvalue weighted by Crippen LogP contribution is -2.60. The highest BCUT2D eigenvalue weighted by molar-refractivity contribution is 9.10. The molecule has 1 amide bonds. The average molecular weight is 560 g/mol. The van der Waals surface area contributed by atoms with E-state index in [9.17, 15) is 14.4 Å². The molecule has 35 heavy (non-hydrogen) atoms. The van der Waals surface area contributed by atoms with Gasteiger partial charge in [0.05, 0.1) is 28.4 Å². The highest BCUT2D eigenvalue weighted by Crippen LogP contribution is 2.42. The van der Waals surface area contributed by atoms with Crippen LogP contribution in [0.3, 0.4) is 0 Å². The molecule has 1 N–H and O–H groups in total. The second kappa shape index (κ2) is 10.2. The number of aromatic nitrogens is 3. The minimum absolute atomic E-state index is 0.148. The molecule has 0 fully saturated rings. The smallest absolute Gasteiger partial charge is 0.325 e. The van der Waals surface area contributed by atoms with Crippen LogP contribution in [-0.2, 0) is 9.59 Å². The van der Waals surface area contributed by atoms with Gasteiger partial charge in [0.2, 0.25) is 11.1 Å². The van der Waals surface area contributed by atoms with Gasteiger partial charge in [-0.05, 0) is 51.1 Å².